The molecule has 0 bridgehead atoms. The number of methoxy groups -OCH3 is 1. The average Bonchev–Trinajstić information content (AvgIpc) is 3.16. The summed E-state index contributed by atoms with van der Waals surface area (Å²) in [4.78, 5) is 30.1. The van der Waals surface area contributed by atoms with Crippen molar-refractivity contribution in [3.8, 4) is 11.5 Å². The Balaban J connectivity index is 1.36. The predicted octanol–water partition coefficient (Wildman–Crippen LogP) is 4.26. The number of nitrogens with one attached hydrogen (secondary N) is 1. The predicted molar refractivity (Wildman–Crippen MR) is 128 cm³/mol. The van der Waals surface area contributed by atoms with E-state index in [9.17, 15) is 9.59 Å². The molecular formula is C26H31N3O5. The Hall–Kier alpha value is -3.55. The first-order chi connectivity index (χ1) is 16.6. The molecule has 2 aliphatic heterocycles. The van der Waals surface area contributed by atoms with Crippen molar-refractivity contribution in [3.63, 3.8) is 0 Å². The number of aliphatic imine (C=N–C) groups is 1. The molecule has 0 aromatic heterocycles. The van der Waals surface area contributed by atoms with E-state index in [0.29, 0.717) is 37.2 Å². The molecule has 2 aromatic rings. The topological polar surface area (TPSA) is 89.5 Å². The fourth-order valence-electron chi connectivity index (χ4n) is 4.35. The van der Waals surface area contributed by atoms with Crippen LogP contribution in [0, 0.1) is 0 Å². The molecule has 1 amide bonds. The van der Waals surface area contributed by atoms with Gasteiger partial charge in [0.25, 0.3) is 5.91 Å². The van der Waals surface area contributed by atoms with Gasteiger partial charge >= 0.3 is 5.97 Å². The normalized spacial score (nSPS) is 16.3. The zero-order chi connectivity index (χ0) is 23.9. The smallest absolute Gasteiger partial charge is 0.302 e. The fraction of sp³-hybridized carbons (Fsp3) is 0.423. The zero-order valence-electron chi connectivity index (χ0n) is 19.7. The van der Waals surface area contributed by atoms with Crippen molar-refractivity contribution < 1.29 is 23.8 Å². The number of nitrogens with zero attached hydrogens (tertiary/aromatic N) is 2. The van der Waals surface area contributed by atoms with E-state index in [1.165, 1.54) is 6.92 Å². The van der Waals surface area contributed by atoms with Gasteiger partial charge in [0.15, 0.2) is 11.5 Å². The Morgan fingerprint density at radius 2 is 1.79 bits per heavy atom. The van der Waals surface area contributed by atoms with Gasteiger partial charge < -0.3 is 19.1 Å². The quantitative estimate of drug-likeness (QED) is 0.394. The van der Waals surface area contributed by atoms with Crippen LogP contribution in [-0.4, -0.2) is 43.1 Å². The molecule has 180 valence electrons. The van der Waals surface area contributed by atoms with Crippen molar-refractivity contribution in [2.75, 3.05) is 20.3 Å². The number of rotatable bonds is 11. The monoisotopic (exact) mass is 465 g/mol. The summed E-state index contributed by atoms with van der Waals surface area (Å²) < 4.78 is 16.7. The number of hydrogen-bond donors (Lipinski definition) is 1. The van der Waals surface area contributed by atoms with Gasteiger partial charge in [-0.2, -0.15) is 0 Å². The highest BCUT2D eigenvalue weighted by Crippen LogP contribution is 2.43. The number of fused-ring (bicyclic) bond motifs is 2. The molecule has 1 unspecified atom stereocenters. The van der Waals surface area contributed by atoms with Gasteiger partial charge in [-0.3, -0.25) is 14.9 Å². The third kappa shape index (κ3) is 5.32. The van der Waals surface area contributed by atoms with Crippen molar-refractivity contribution in [3.05, 3.63) is 53.6 Å². The van der Waals surface area contributed by atoms with E-state index >= 15 is 0 Å². The first-order valence-electron chi connectivity index (χ1n) is 11.8. The van der Waals surface area contributed by atoms with Crippen LogP contribution in [0.3, 0.4) is 0 Å². The van der Waals surface area contributed by atoms with Gasteiger partial charge in [0.05, 0.1) is 32.6 Å². The van der Waals surface area contributed by atoms with Crippen molar-refractivity contribution >= 4 is 23.5 Å². The molecule has 8 nitrogen and oxygen atoms in total. The third-order valence-electron chi connectivity index (χ3n) is 5.99. The fourth-order valence-corrected chi connectivity index (χ4v) is 4.35. The standard InChI is InChI=1S/C26H31N3O5/c1-18(30)33-15-9-4-3-5-10-16-34-22-14-13-21-20(24(22)32-2)17-29-23(19-11-7-6-8-12-19)25(31)28-26(29)27-21/h6-8,11-14,23H,3-5,9-10,15-17H2,1-2H3,(H,27,28,31). The summed E-state index contributed by atoms with van der Waals surface area (Å²) in [6.07, 6.45) is 4.96. The number of unbranched alkanes of at least 4 members (excludes halogenated alkanes) is 4. The van der Waals surface area contributed by atoms with E-state index in [0.717, 1.165) is 48.9 Å². The molecule has 1 fully saturated rings. The van der Waals surface area contributed by atoms with Gasteiger partial charge in [-0.05, 0) is 30.5 Å². The molecule has 1 saturated heterocycles. The number of esters is 1. The van der Waals surface area contributed by atoms with Gasteiger partial charge in [-0.1, -0.05) is 49.6 Å². The largest absolute Gasteiger partial charge is 0.492 e. The average molecular weight is 466 g/mol. The molecule has 2 aromatic carbocycles. The summed E-state index contributed by atoms with van der Waals surface area (Å²) in [7, 11) is 1.63. The summed E-state index contributed by atoms with van der Waals surface area (Å²) in [5.41, 5.74) is 2.61. The van der Waals surface area contributed by atoms with E-state index in [-0.39, 0.29) is 11.9 Å². The highest BCUT2D eigenvalue weighted by Gasteiger charge is 2.41. The van der Waals surface area contributed by atoms with E-state index in [2.05, 4.69) is 10.3 Å². The van der Waals surface area contributed by atoms with Crippen molar-refractivity contribution in [2.45, 2.75) is 51.6 Å². The Kier molecular flexibility index (Phi) is 7.67. The molecule has 2 aliphatic rings. The molecule has 0 aliphatic carbocycles. The maximum atomic E-state index is 12.7. The number of carbonyl (C=O) groups is 2. The lowest BCUT2D eigenvalue weighted by molar-refractivity contribution is -0.141. The van der Waals surface area contributed by atoms with Crippen LogP contribution in [0.25, 0.3) is 0 Å². The van der Waals surface area contributed by atoms with Crippen LogP contribution in [0.1, 0.15) is 56.2 Å². The molecular weight excluding hydrogens is 434 g/mol. The Morgan fingerprint density at radius 3 is 2.53 bits per heavy atom. The molecule has 1 N–H and O–H groups in total. The highest BCUT2D eigenvalue weighted by molar-refractivity contribution is 6.08. The van der Waals surface area contributed by atoms with Crippen LogP contribution in [0.2, 0.25) is 0 Å². The van der Waals surface area contributed by atoms with Gasteiger partial charge in [0.1, 0.15) is 6.04 Å². The van der Waals surface area contributed by atoms with Gasteiger partial charge in [-0.25, -0.2) is 4.99 Å². The first-order valence-corrected chi connectivity index (χ1v) is 11.8. The Morgan fingerprint density at radius 1 is 1.06 bits per heavy atom. The zero-order valence-corrected chi connectivity index (χ0v) is 19.7. The minimum Gasteiger partial charge on any atom is -0.492 e. The second-order valence-corrected chi connectivity index (χ2v) is 8.42. The molecule has 34 heavy (non-hydrogen) atoms. The van der Waals surface area contributed by atoms with E-state index < -0.39 is 6.04 Å². The van der Waals surface area contributed by atoms with Crippen LogP contribution < -0.4 is 14.8 Å². The summed E-state index contributed by atoms with van der Waals surface area (Å²) in [6, 6.07) is 13.1. The van der Waals surface area contributed by atoms with Crippen LogP contribution in [-0.2, 0) is 20.9 Å². The lowest BCUT2D eigenvalue weighted by atomic mass is 10.0. The molecule has 8 heteroatoms. The van der Waals surface area contributed by atoms with Crippen molar-refractivity contribution in [1.82, 2.24) is 10.2 Å². The van der Waals surface area contributed by atoms with Gasteiger partial charge in [-0.15, -0.1) is 0 Å². The highest BCUT2D eigenvalue weighted by atomic mass is 16.5. The second kappa shape index (κ2) is 11.0. The van der Waals surface area contributed by atoms with E-state index in [1.807, 2.05) is 47.4 Å². The van der Waals surface area contributed by atoms with Gasteiger partial charge in [0, 0.05) is 12.5 Å². The van der Waals surface area contributed by atoms with E-state index in [1.54, 1.807) is 7.11 Å². The molecule has 0 spiro atoms. The van der Waals surface area contributed by atoms with Crippen LogP contribution in [0.15, 0.2) is 47.5 Å². The number of hydrogen-bond acceptors (Lipinski definition) is 7. The number of guanidine groups is 1. The molecule has 0 saturated carbocycles. The summed E-state index contributed by atoms with van der Waals surface area (Å²) in [6.45, 7) is 3.01. The maximum Gasteiger partial charge on any atom is 0.302 e. The molecule has 0 radical (unpaired) electrons. The SMILES string of the molecule is COc1c(OCCCCCCCOC(C)=O)ccc2c1CN1C(=N2)NC(=O)C1c1ccccc1. The van der Waals surface area contributed by atoms with Crippen LogP contribution >= 0.6 is 0 Å². The maximum absolute atomic E-state index is 12.7. The summed E-state index contributed by atoms with van der Waals surface area (Å²) >= 11 is 0. The van der Waals surface area contributed by atoms with E-state index in [4.69, 9.17) is 14.2 Å². The third-order valence-corrected chi connectivity index (χ3v) is 5.99. The molecule has 2 heterocycles. The number of amides is 1. The number of benzene rings is 2. The lowest BCUT2D eigenvalue weighted by Crippen LogP contribution is -2.33. The van der Waals surface area contributed by atoms with Crippen LogP contribution in [0.4, 0.5) is 5.69 Å². The van der Waals surface area contributed by atoms with Crippen molar-refractivity contribution in [1.29, 1.82) is 0 Å². The van der Waals surface area contributed by atoms with Crippen molar-refractivity contribution in [2.24, 2.45) is 4.99 Å². The lowest BCUT2D eigenvalue weighted by Gasteiger charge is -2.29. The minimum absolute atomic E-state index is 0.0824. The molecule has 1 atom stereocenters. The number of ether oxygens (including phenoxy) is 3. The van der Waals surface area contributed by atoms with Crippen LogP contribution in [0.5, 0.6) is 11.5 Å². The second-order valence-electron chi connectivity index (χ2n) is 8.42. The number of carbonyl (C=O) groups excluding carboxylic acids is 2. The molecule has 4 rings (SSSR count). The van der Waals surface area contributed by atoms with Gasteiger partial charge in [0.2, 0.25) is 5.96 Å². The summed E-state index contributed by atoms with van der Waals surface area (Å²) in [5.74, 6) is 1.60. The Bertz CT molecular complexity index is 1050. The Labute approximate surface area is 199 Å². The summed E-state index contributed by atoms with van der Waals surface area (Å²) in [5, 5.41) is 2.91. The minimum atomic E-state index is -0.428. The first kappa shape index (κ1) is 23.6.